The molecule has 0 aliphatic carbocycles. The Morgan fingerprint density at radius 2 is 1.94 bits per heavy atom. The van der Waals surface area contributed by atoms with Crippen LogP contribution in [0, 0.1) is 0 Å². The van der Waals surface area contributed by atoms with Crippen molar-refractivity contribution in [2.24, 2.45) is 0 Å². The zero-order valence-corrected chi connectivity index (χ0v) is 10.1. The van der Waals surface area contributed by atoms with Gasteiger partial charge in [-0.2, -0.15) is 0 Å². The van der Waals surface area contributed by atoms with E-state index in [1.54, 1.807) is 0 Å². The first-order valence-electron chi connectivity index (χ1n) is 5.46. The van der Waals surface area contributed by atoms with Gasteiger partial charge in [-0.05, 0) is 17.7 Å². The van der Waals surface area contributed by atoms with E-state index in [-0.39, 0.29) is 11.2 Å². The maximum atomic E-state index is 11.4. The molecular formula is C12H15N5O. The fraction of sp³-hybridized carbons (Fsp3) is 0.167. The normalized spacial score (nSPS) is 10.3. The van der Waals surface area contributed by atoms with Gasteiger partial charge in [0.15, 0.2) is 5.82 Å². The predicted octanol–water partition coefficient (Wildman–Crippen LogP) is 0.571. The Labute approximate surface area is 104 Å². The molecule has 0 atom stereocenters. The van der Waals surface area contributed by atoms with Crippen molar-refractivity contribution in [1.29, 1.82) is 0 Å². The highest BCUT2D eigenvalue weighted by molar-refractivity contribution is 5.60. The Balaban J connectivity index is 2.22. The number of nitrogens with one attached hydrogen (secondary N) is 1. The van der Waals surface area contributed by atoms with Crippen molar-refractivity contribution in [2.45, 2.75) is 6.54 Å². The second-order valence-electron chi connectivity index (χ2n) is 4.07. The Bertz CT molecular complexity index is 590. The van der Waals surface area contributed by atoms with E-state index in [4.69, 9.17) is 11.5 Å². The van der Waals surface area contributed by atoms with Gasteiger partial charge in [0.2, 0.25) is 0 Å². The molecule has 94 valence electrons. The highest BCUT2D eigenvalue weighted by Crippen LogP contribution is 2.16. The zero-order valence-electron chi connectivity index (χ0n) is 10.1. The second kappa shape index (κ2) is 4.79. The minimum Gasteiger partial charge on any atom is -0.399 e. The average Bonchev–Trinajstić information content (AvgIpc) is 2.35. The first-order valence-corrected chi connectivity index (χ1v) is 5.46. The molecule has 0 radical (unpaired) electrons. The van der Waals surface area contributed by atoms with Gasteiger partial charge in [-0.1, -0.05) is 12.1 Å². The lowest BCUT2D eigenvalue weighted by atomic mass is 10.2. The summed E-state index contributed by atoms with van der Waals surface area (Å²) < 4.78 is 0. The van der Waals surface area contributed by atoms with E-state index in [1.807, 2.05) is 36.2 Å². The van der Waals surface area contributed by atoms with Crippen LogP contribution in [0.25, 0.3) is 0 Å². The van der Waals surface area contributed by atoms with E-state index < -0.39 is 0 Å². The van der Waals surface area contributed by atoms with Crippen molar-refractivity contribution in [1.82, 2.24) is 9.97 Å². The van der Waals surface area contributed by atoms with Gasteiger partial charge in [-0.3, -0.25) is 4.79 Å². The van der Waals surface area contributed by atoms with Gasteiger partial charge in [0.1, 0.15) is 5.69 Å². The van der Waals surface area contributed by atoms with E-state index in [2.05, 4.69) is 9.97 Å². The summed E-state index contributed by atoms with van der Waals surface area (Å²) in [5, 5.41) is 0. The Morgan fingerprint density at radius 1 is 1.28 bits per heavy atom. The number of rotatable bonds is 3. The van der Waals surface area contributed by atoms with Gasteiger partial charge in [0.25, 0.3) is 5.56 Å². The second-order valence-corrected chi connectivity index (χ2v) is 4.07. The van der Waals surface area contributed by atoms with E-state index in [1.165, 1.54) is 6.33 Å². The van der Waals surface area contributed by atoms with Crippen LogP contribution in [0.2, 0.25) is 0 Å². The number of anilines is 3. The highest BCUT2D eigenvalue weighted by atomic mass is 16.1. The molecule has 0 fully saturated rings. The van der Waals surface area contributed by atoms with E-state index >= 15 is 0 Å². The topological polar surface area (TPSA) is 101 Å². The SMILES string of the molecule is CN(Cc1ccc(N)cc1)c1nc[nH]c(=O)c1N. The molecular weight excluding hydrogens is 230 g/mol. The largest absolute Gasteiger partial charge is 0.399 e. The van der Waals surface area contributed by atoms with Gasteiger partial charge < -0.3 is 21.4 Å². The summed E-state index contributed by atoms with van der Waals surface area (Å²) in [5.41, 5.74) is 12.9. The summed E-state index contributed by atoms with van der Waals surface area (Å²) in [7, 11) is 1.83. The minimum absolute atomic E-state index is 0.121. The molecule has 0 saturated heterocycles. The molecule has 0 amide bonds. The van der Waals surface area contributed by atoms with Crippen LogP contribution >= 0.6 is 0 Å². The van der Waals surface area contributed by atoms with Gasteiger partial charge >= 0.3 is 0 Å². The highest BCUT2D eigenvalue weighted by Gasteiger charge is 2.09. The number of H-pyrrole nitrogens is 1. The molecule has 0 bridgehead atoms. The monoisotopic (exact) mass is 245 g/mol. The maximum Gasteiger partial charge on any atom is 0.276 e. The van der Waals surface area contributed by atoms with E-state index in [0.29, 0.717) is 12.4 Å². The Kier molecular flexibility index (Phi) is 3.18. The van der Waals surface area contributed by atoms with Crippen molar-refractivity contribution < 1.29 is 0 Å². The number of hydrogen-bond acceptors (Lipinski definition) is 5. The van der Waals surface area contributed by atoms with Gasteiger partial charge in [0, 0.05) is 19.3 Å². The molecule has 6 nitrogen and oxygen atoms in total. The average molecular weight is 245 g/mol. The third kappa shape index (κ3) is 2.42. The summed E-state index contributed by atoms with van der Waals surface area (Å²) in [4.78, 5) is 19.7. The molecule has 5 N–H and O–H groups in total. The Hall–Kier alpha value is -2.50. The molecule has 0 spiro atoms. The molecule has 1 aromatic heterocycles. The van der Waals surface area contributed by atoms with Crippen LogP contribution in [0.15, 0.2) is 35.4 Å². The van der Waals surface area contributed by atoms with Crippen LogP contribution in [0.5, 0.6) is 0 Å². The molecule has 0 aliphatic heterocycles. The number of aromatic nitrogens is 2. The molecule has 0 aliphatic rings. The summed E-state index contributed by atoms with van der Waals surface area (Å²) >= 11 is 0. The van der Waals surface area contributed by atoms with Crippen molar-refractivity contribution in [2.75, 3.05) is 23.4 Å². The first kappa shape index (κ1) is 12.0. The van der Waals surface area contributed by atoms with Gasteiger partial charge in [-0.25, -0.2) is 4.98 Å². The fourth-order valence-corrected chi connectivity index (χ4v) is 1.68. The number of nitrogens with two attached hydrogens (primary N) is 2. The maximum absolute atomic E-state index is 11.4. The minimum atomic E-state index is -0.329. The van der Waals surface area contributed by atoms with Crippen molar-refractivity contribution >= 4 is 17.2 Å². The summed E-state index contributed by atoms with van der Waals surface area (Å²) in [6.07, 6.45) is 1.34. The predicted molar refractivity (Wildman–Crippen MR) is 72.2 cm³/mol. The van der Waals surface area contributed by atoms with Crippen molar-refractivity contribution in [3.63, 3.8) is 0 Å². The summed E-state index contributed by atoms with van der Waals surface area (Å²) in [6.45, 7) is 0.598. The summed E-state index contributed by atoms with van der Waals surface area (Å²) in [6, 6.07) is 7.51. The molecule has 2 aromatic rings. The molecule has 18 heavy (non-hydrogen) atoms. The lowest BCUT2D eigenvalue weighted by Crippen LogP contribution is -2.23. The molecule has 2 rings (SSSR count). The number of nitrogen functional groups attached to an aromatic ring is 2. The first-order chi connectivity index (χ1) is 8.58. The van der Waals surface area contributed by atoms with Crippen LogP contribution in [-0.4, -0.2) is 17.0 Å². The van der Waals surface area contributed by atoms with Crippen LogP contribution in [0.1, 0.15) is 5.56 Å². The van der Waals surface area contributed by atoms with Gasteiger partial charge in [-0.15, -0.1) is 0 Å². The number of hydrogen-bond donors (Lipinski definition) is 3. The molecule has 1 aromatic carbocycles. The fourth-order valence-electron chi connectivity index (χ4n) is 1.68. The summed E-state index contributed by atoms with van der Waals surface area (Å²) in [5.74, 6) is 0.468. The third-order valence-corrected chi connectivity index (χ3v) is 2.63. The molecule has 1 heterocycles. The molecule has 0 saturated carbocycles. The van der Waals surface area contributed by atoms with Crippen LogP contribution in [0.3, 0.4) is 0 Å². The van der Waals surface area contributed by atoms with Crippen LogP contribution < -0.4 is 21.9 Å². The lowest BCUT2D eigenvalue weighted by Gasteiger charge is -2.19. The number of benzene rings is 1. The standard InChI is InChI=1S/C12H15N5O/c1-17(6-8-2-4-9(13)5-3-8)11-10(14)12(18)16-7-15-11/h2-5,7H,6,13-14H2,1H3,(H,15,16,18). The van der Waals surface area contributed by atoms with Gasteiger partial charge in [0.05, 0.1) is 6.33 Å². The number of nitrogens with zero attached hydrogens (tertiary/aromatic N) is 2. The Morgan fingerprint density at radius 3 is 2.61 bits per heavy atom. The lowest BCUT2D eigenvalue weighted by molar-refractivity contribution is 0.890. The van der Waals surface area contributed by atoms with Crippen LogP contribution in [0.4, 0.5) is 17.2 Å². The smallest absolute Gasteiger partial charge is 0.276 e. The quantitative estimate of drug-likeness (QED) is 0.686. The third-order valence-electron chi connectivity index (χ3n) is 2.63. The zero-order chi connectivity index (χ0) is 13.1. The van der Waals surface area contributed by atoms with Crippen molar-refractivity contribution in [3.8, 4) is 0 Å². The van der Waals surface area contributed by atoms with Crippen LogP contribution in [-0.2, 0) is 6.54 Å². The molecule has 0 unspecified atom stereocenters. The number of aromatic amines is 1. The molecule has 6 heteroatoms. The van der Waals surface area contributed by atoms with E-state index in [0.717, 1.165) is 11.3 Å². The van der Waals surface area contributed by atoms with Crippen molar-refractivity contribution in [3.05, 3.63) is 46.5 Å². The van der Waals surface area contributed by atoms with E-state index in [9.17, 15) is 4.79 Å².